The van der Waals surface area contributed by atoms with Crippen LogP contribution < -0.4 is 10.1 Å². The van der Waals surface area contributed by atoms with Crippen LogP contribution in [0.4, 0.5) is 4.39 Å². The van der Waals surface area contributed by atoms with Gasteiger partial charge in [-0.1, -0.05) is 41.9 Å². The standard InChI is InChI=1S/C28H28ClFN4O3/c29-22-6-2-4-15-3-1-5-20(23(15)22)26-24(30)27-21(13-31-26)25(16-11-17-7-8-18(12-16)32-17)33-28(34-27)37-19(14-36)9-10-35/h1-6,13,16-19,32,35-36H,7-12,14H2/t16?,17?,18?,19-/m0/s1. The van der Waals surface area contributed by atoms with Gasteiger partial charge >= 0.3 is 6.01 Å². The Morgan fingerprint density at radius 1 is 1.08 bits per heavy atom. The van der Waals surface area contributed by atoms with Gasteiger partial charge in [-0.25, -0.2) is 4.39 Å². The van der Waals surface area contributed by atoms with Gasteiger partial charge < -0.3 is 20.3 Å². The zero-order valence-electron chi connectivity index (χ0n) is 20.2. The van der Waals surface area contributed by atoms with Gasteiger partial charge in [0.1, 0.15) is 17.3 Å². The highest BCUT2D eigenvalue weighted by Gasteiger charge is 2.36. The van der Waals surface area contributed by atoms with Crippen LogP contribution in [0.15, 0.2) is 42.6 Å². The maximum absolute atomic E-state index is 16.3. The predicted octanol–water partition coefficient (Wildman–Crippen LogP) is 4.76. The zero-order chi connectivity index (χ0) is 25.5. The van der Waals surface area contributed by atoms with Crippen LogP contribution in [0.3, 0.4) is 0 Å². The molecule has 3 atom stereocenters. The number of aromatic nitrogens is 3. The minimum Gasteiger partial charge on any atom is -0.458 e. The molecule has 2 aromatic heterocycles. The Morgan fingerprint density at radius 2 is 1.84 bits per heavy atom. The molecule has 0 amide bonds. The van der Waals surface area contributed by atoms with Crippen molar-refractivity contribution in [2.45, 2.75) is 56.2 Å². The average molecular weight is 523 g/mol. The fourth-order valence-electron chi connectivity index (χ4n) is 5.86. The molecule has 4 heterocycles. The first-order valence-electron chi connectivity index (χ1n) is 12.7. The number of nitrogens with zero attached hydrogens (tertiary/aromatic N) is 3. The maximum Gasteiger partial charge on any atom is 0.317 e. The van der Waals surface area contributed by atoms with Gasteiger partial charge in [-0.2, -0.15) is 9.97 Å². The van der Waals surface area contributed by atoms with Crippen molar-refractivity contribution in [2.24, 2.45) is 0 Å². The quantitative estimate of drug-likeness (QED) is 0.322. The number of hydrogen-bond acceptors (Lipinski definition) is 7. The summed E-state index contributed by atoms with van der Waals surface area (Å²) in [5.41, 5.74) is 1.58. The second kappa shape index (κ2) is 10.1. The van der Waals surface area contributed by atoms with Crippen LogP contribution in [-0.2, 0) is 0 Å². The van der Waals surface area contributed by atoms with Gasteiger partial charge in [0.15, 0.2) is 5.82 Å². The smallest absolute Gasteiger partial charge is 0.317 e. The molecule has 4 aromatic rings. The minimum atomic E-state index is -0.694. The zero-order valence-corrected chi connectivity index (χ0v) is 21.0. The van der Waals surface area contributed by atoms with Crippen molar-refractivity contribution >= 4 is 33.3 Å². The summed E-state index contributed by atoms with van der Waals surface area (Å²) in [5.74, 6) is -0.464. The number of benzene rings is 2. The largest absolute Gasteiger partial charge is 0.458 e. The van der Waals surface area contributed by atoms with Crippen molar-refractivity contribution in [1.82, 2.24) is 20.3 Å². The Balaban J connectivity index is 1.52. The molecule has 0 spiro atoms. The molecule has 37 heavy (non-hydrogen) atoms. The summed E-state index contributed by atoms with van der Waals surface area (Å²) in [6.45, 7) is -0.471. The first-order valence-corrected chi connectivity index (χ1v) is 13.1. The number of aliphatic hydroxyl groups is 2. The summed E-state index contributed by atoms with van der Waals surface area (Å²) in [6.07, 6.45) is 5.20. The van der Waals surface area contributed by atoms with Crippen molar-refractivity contribution in [3.05, 3.63) is 59.1 Å². The van der Waals surface area contributed by atoms with Gasteiger partial charge in [-0.15, -0.1) is 0 Å². The number of aliphatic hydroxyl groups excluding tert-OH is 2. The van der Waals surface area contributed by atoms with E-state index in [1.54, 1.807) is 18.3 Å². The van der Waals surface area contributed by atoms with Gasteiger partial charge in [0.2, 0.25) is 0 Å². The highest BCUT2D eigenvalue weighted by molar-refractivity contribution is 6.36. The number of fused-ring (bicyclic) bond motifs is 4. The monoisotopic (exact) mass is 522 g/mol. The molecule has 2 unspecified atom stereocenters. The third-order valence-corrected chi connectivity index (χ3v) is 7.90. The van der Waals surface area contributed by atoms with Crippen LogP contribution >= 0.6 is 11.6 Å². The molecule has 0 aliphatic carbocycles. The lowest BCUT2D eigenvalue weighted by Gasteiger charge is -2.29. The number of piperidine rings is 1. The molecule has 9 heteroatoms. The third-order valence-electron chi connectivity index (χ3n) is 7.59. The Labute approximate surface area is 218 Å². The summed E-state index contributed by atoms with van der Waals surface area (Å²) in [4.78, 5) is 13.7. The lowest BCUT2D eigenvalue weighted by molar-refractivity contribution is 0.0828. The summed E-state index contributed by atoms with van der Waals surface area (Å²) < 4.78 is 22.2. The Kier molecular flexibility index (Phi) is 6.67. The topological polar surface area (TPSA) is 100 Å². The van der Waals surface area contributed by atoms with E-state index in [0.29, 0.717) is 33.7 Å². The fourth-order valence-corrected chi connectivity index (χ4v) is 6.15. The third kappa shape index (κ3) is 4.52. The van der Waals surface area contributed by atoms with Crippen molar-refractivity contribution in [1.29, 1.82) is 0 Å². The second-order valence-electron chi connectivity index (χ2n) is 9.96. The number of pyridine rings is 1. The van der Waals surface area contributed by atoms with Crippen molar-refractivity contribution in [3.8, 4) is 17.3 Å². The molecule has 192 valence electrons. The number of halogens is 2. The van der Waals surface area contributed by atoms with Crippen molar-refractivity contribution in [2.75, 3.05) is 13.2 Å². The molecular formula is C28H28ClFN4O3. The van der Waals surface area contributed by atoms with E-state index in [2.05, 4.69) is 15.3 Å². The molecule has 0 saturated carbocycles. The number of hydrogen-bond donors (Lipinski definition) is 3. The van der Waals surface area contributed by atoms with Gasteiger partial charge in [-0.05, 0) is 37.1 Å². The molecule has 7 nitrogen and oxygen atoms in total. The van der Waals surface area contributed by atoms with Crippen LogP contribution in [0.2, 0.25) is 5.02 Å². The van der Waals surface area contributed by atoms with Crippen molar-refractivity contribution in [3.63, 3.8) is 0 Å². The van der Waals surface area contributed by atoms with E-state index in [1.807, 2.05) is 24.3 Å². The summed E-state index contributed by atoms with van der Waals surface area (Å²) in [7, 11) is 0. The summed E-state index contributed by atoms with van der Waals surface area (Å²) >= 11 is 6.52. The number of rotatable bonds is 7. The van der Waals surface area contributed by atoms with Crippen LogP contribution in [-0.4, -0.2) is 56.6 Å². The first kappa shape index (κ1) is 24.4. The number of ether oxygens (including phenoxy) is 1. The molecule has 3 N–H and O–H groups in total. The van der Waals surface area contributed by atoms with Crippen LogP contribution in [0.5, 0.6) is 6.01 Å². The summed E-state index contributed by atoms with van der Waals surface area (Å²) in [6, 6.07) is 12.0. The highest BCUT2D eigenvalue weighted by atomic mass is 35.5. The fraction of sp³-hybridized carbons (Fsp3) is 0.393. The van der Waals surface area contributed by atoms with E-state index < -0.39 is 11.9 Å². The SMILES string of the molecule is OCC[C@@H](CO)Oc1nc(C2CC3CCC(C2)N3)c2cnc(-c3cccc4cccc(Cl)c34)c(F)c2n1. The Morgan fingerprint density at radius 3 is 2.57 bits per heavy atom. The second-order valence-corrected chi connectivity index (χ2v) is 10.4. The lowest BCUT2D eigenvalue weighted by atomic mass is 9.88. The van der Waals surface area contributed by atoms with E-state index in [0.717, 1.165) is 36.5 Å². The predicted molar refractivity (Wildman–Crippen MR) is 140 cm³/mol. The lowest BCUT2D eigenvalue weighted by Crippen LogP contribution is -2.37. The molecule has 0 radical (unpaired) electrons. The van der Waals surface area contributed by atoms with Crippen molar-refractivity contribution < 1.29 is 19.3 Å². The van der Waals surface area contributed by atoms with Gasteiger partial charge in [-0.3, -0.25) is 4.98 Å². The van der Waals surface area contributed by atoms with Crippen LogP contribution in [0.25, 0.3) is 32.9 Å². The van der Waals surface area contributed by atoms with E-state index in [4.69, 9.17) is 21.3 Å². The molecule has 2 aliphatic rings. The molecule has 2 bridgehead atoms. The molecule has 2 aromatic carbocycles. The summed E-state index contributed by atoms with van der Waals surface area (Å²) in [5, 5.41) is 25.4. The molecule has 2 aliphatic heterocycles. The van der Waals surface area contributed by atoms with E-state index in [9.17, 15) is 10.2 Å². The van der Waals surface area contributed by atoms with Gasteiger partial charge in [0.25, 0.3) is 0 Å². The number of nitrogens with one attached hydrogen (secondary N) is 1. The van der Waals surface area contributed by atoms with Crippen LogP contribution in [0, 0.1) is 5.82 Å². The van der Waals surface area contributed by atoms with Crippen LogP contribution in [0.1, 0.15) is 43.7 Å². The first-order chi connectivity index (χ1) is 18.1. The normalized spacial score (nSPS) is 22.0. The maximum atomic E-state index is 16.3. The van der Waals surface area contributed by atoms with Gasteiger partial charge in [0, 0.05) is 58.6 Å². The Hall–Kier alpha value is -2.91. The highest BCUT2D eigenvalue weighted by Crippen LogP contribution is 2.41. The van der Waals surface area contributed by atoms with E-state index in [1.165, 1.54) is 0 Å². The molecule has 2 fully saturated rings. The molecule has 6 rings (SSSR count). The average Bonchev–Trinajstić information content (AvgIpc) is 3.25. The minimum absolute atomic E-state index is 0.00659. The van der Waals surface area contributed by atoms with E-state index >= 15 is 4.39 Å². The van der Waals surface area contributed by atoms with Gasteiger partial charge in [0.05, 0.1) is 12.3 Å². The molecule has 2 saturated heterocycles. The molecular weight excluding hydrogens is 495 g/mol. The van der Waals surface area contributed by atoms with E-state index in [-0.39, 0.29) is 42.8 Å². The Bertz CT molecular complexity index is 1450.